The average molecular weight is 287 g/mol. The van der Waals surface area contributed by atoms with Gasteiger partial charge < -0.3 is 5.32 Å². The molecule has 1 aromatic carbocycles. The molecular weight excluding hydrogens is 263 g/mol. The lowest BCUT2D eigenvalue weighted by Crippen LogP contribution is -2.37. The lowest BCUT2D eigenvalue weighted by Gasteiger charge is -2.22. The zero-order valence-corrected chi connectivity index (χ0v) is 12.6. The first kappa shape index (κ1) is 17.0. The molecule has 0 fully saturated rings. The van der Waals surface area contributed by atoms with Crippen LogP contribution in [0.1, 0.15) is 45.2 Å². The second kappa shape index (κ2) is 6.61. The van der Waals surface area contributed by atoms with Crippen LogP contribution in [0.25, 0.3) is 0 Å². The lowest BCUT2D eigenvalue weighted by atomic mass is 9.96. The highest BCUT2D eigenvalue weighted by Gasteiger charge is 2.30. The van der Waals surface area contributed by atoms with Gasteiger partial charge in [0.1, 0.15) is 0 Å². The summed E-state index contributed by atoms with van der Waals surface area (Å²) >= 11 is 0. The van der Waals surface area contributed by atoms with Crippen LogP contribution in [0.2, 0.25) is 0 Å². The molecule has 0 aromatic heterocycles. The molecule has 1 nitrogen and oxygen atoms in total. The van der Waals surface area contributed by atoms with Crippen molar-refractivity contribution < 1.29 is 13.2 Å². The Morgan fingerprint density at radius 2 is 1.80 bits per heavy atom. The Hall–Kier alpha value is -1.03. The van der Waals surface area contributed by atoms with E-state index in [1.54, 1.807) is 6.07 Å². The summed E-state index contributed by atoms with van der Waals surface area (Å²) in [7, 11) is 0. The molecule has 0 radical (unpaired) electrons. The smallest absolute Gasteiger partial charge is 0.312 e. The van der Waals surface area contributed by atoms with Crippen molar-refractivity contribution in [1.29, 1.82) is 0 Å². The highest BCUT2D eigenvalue weighted by molar-refractivity contribution is 5.25. The van der Waals surface area contributed by atoms with E-state index in [0.717, 1.165) is 24.6 Å². The van der Waals surface area contributed by atoms with Gasteiger partial charge in [-0.05, 0) is 57.7 Å². The van der Waals surface area contributed by atoms with Gasteiger partial charge >= 0.3 is 6.18 Å². The quantitative estimate of drug-likeness (QED) is 0.830. The first-order chi connectivity index (χ1) is 9.08. The van der Waals surface area contributed by atoms with Gasteiger partial charge in [-0.3, -0.25) is 0 Å². The van der Waals surface area contributed by atoms with E-state index >= 15 is 0 Å². The summed E-state index contributed by atoms with van der Waals surface area (Å²) in [6.07, 6.45) is -2.63. The molecule has 0 bridgehead atoms. The van der Waals surface area contributed by atoms with Crippen molar-refractivity contribution in [3.8, 4) is 0 Å². The number of rotatable bonds is 5. The molecule has 1 atom stereocenters. The fraction of sp³-hybridized carbons (Fsp3) is 0.625. The van der Waals surface area contributed by atoms with Gasteiger partial charge in [0.25, 0.3) is 0 Å². The van der Waals surface area contributed by atoms with Gasteiger partial charge in [-0.15, -0.1) is 0 Å². The summed E-state index contributed by atoms with van der Waals surface area (Å²) in [6.45, 7) is 9.26. The van der Waals surface area contributed by atoms with Crippen molar-refractivity contribution in [3.63, 3.8) is 0 Å². The Bertz CT molecular complexity index is 418. The minimum absolute atomic E-state index is 0.0793. The molecule has 0 aliphatic heterocycles. The summed E-state index contributed by atoms with van der Waals surface area (Å²) < 4.78 is 37.9. The molecule has 0 saturated heterocycles. The summed E-state index contributed by atoms with van der Waals surface area (Å²) in [5, 5.41) is 3.39. The molecule has 0 spiro atoms. The molecule has 0 heterocycles. The second-order valence-corrected chi connectivity index (χ2v) is 6.47. The van der Waals surface area contributed by atoms with Gasteiger partial charge in [-0.2, -0.15) is 13.2 Å². The minimum atomic E-state index is -4.26. The third kappa shape index (κ3) is 6.42. The van der Waals surface area contributed by atoms with Crippen molar-refractivity contribution in [2.24, 2.45) is 5.92 Å². The van der Waals surface area contributed by atoms with Gasteiger partial charge in [0, 0.05) is 5.54 Å². The largest absolute Gasteiger partial charge is 0.416 e. The van der Waals surface area contributed by atoms with Crippen LogP contribution in [-0.4, -0.2) is 12.1 Å². The number of alkyl halides is 3. The minimum Gasteiger partial charge on any atom is -0.312 e. The van der Waals surface area contributed by atoms with E-state index in [0.29, 0.717) is 12.3 Å². The molecule has 20 heavy (non-hydrogen) atoms. The molecule has 0 aliphatic carbocycles. The van der Waals surface area contributed by atoms with E-state index in [-0.39, 0.29) is 5.54 Å². The monoisotopic (exact) mass is 287 g/mol. The van der Waals surface area contributed by atoms with Crippen molar-refractivity contribution in [2.45, 2.75) is 52.3 Å². The molecule has 0 amide bonds. The molecule has 114 valence electrons. The average Bonchev–Trinajstić information content (AvgIpc) is 2.26. The summed E-state index contributed by atoms with van der Waals surface area (Å²) in [5.74, 6) is 0.355. The number of nitrogens with one attached hydrogen (secondary N) is 1. The van der Waals surface area contributed by atoms with E-state index in [1.807, 2.05) is 0 Å². The normalized spacial score (nSPS) is 14.3. The van der Waals surface area contributed by atoms with Crippen LogP contribution >= 0.6 is 0 Å². The number of hydrogen-bond acceptors (Lipinski definition) is 1. The highest BCUT2D eigenvalue weighted by Crippen LogP contribution is 2.30. The van der Waals surface area contributed by atoms with Crippen molar-refractivity contribution in [1.82, 2.24) is 5.32 Å². The van der Waals surface area contributed by atoms with Gasteiger partial charge in [0.15, 0.2) is 0 Å². The van der Waals surface area contributed by atoms with Crippen LogP contribution in [0.15, 0.2) is 24.3 Å². The molecule has 1 rings (SSSR count). The Balaban J connectivity index is 2.52. The number of halogens is 3. The van der Waals surface area contributed by atoms with Crippen LogP contribution in [0.4, 0.5) is 13.2 Å². The molecule has 1 N–H and O–H groups in total. The van der Waals surface area contributed by atoms with E-state index in [1.165, 1.54) is 12.1 Å². The first-order valence-electron chi connectivity index (χ1n) is 6.99. The summed E-state index contributed by atoms with van der Waals surface area (Å²) in [5.41, 5.74) is 0.272. The zero-order valence-electron chi connectivity index (χ0n) is 12.6. The van der Waals surface area contributed by atoms with Gasteiger partial charge in [0.05, 0.1) is 5.56 Å². The van der Waals surface area contributed by atoms with Gasteiger partial charge in [-0.1, -0.05) is 25.1 Å². The maximum atomic E-state index is 12.6. The molecule has 4 heteroatoms. The predicted octanol–water partition coefficient (Wildman–Crippen LogP) is 4.66. The molecule has 1 aromatic rings. The zero-order chi connectivity index (χ0) is 15.4. The third-order valence-electron chi connectivity index (χ3n) is 3.13. The maximum Gasteiger partial charge on any atom is 0.416 e. The van der Waals surface area contributed by atoms with E-state index in [9.17, 15) is 13.2 Å². The highest BCUT2D eigenvalue weighted by atomic mass is 19.4. The first-order valence-corrected chi connectivity index (χ1v) is 6.99. The molecule has 0 aliphatic rings. The van der Waals surface area contributed by atoms with Crippen LogP contribution < -0.4 is 5.32 Å². The SMILES string of the molecule is CC(CCNC(C)(C)C)Cc1cccc(C(F)(F)F)c1. The molecule has 1 unspecified atom stereocenters. The Kier molecular flexibility index (Phi) is 5.63. The second-order valence-electron chi connectivity index (χ2n) is 6.47. The van der Waals surface area contributed by atoms with Crippen molar-refractivity contribution >= 4 is 0 Å². The van der Waals surface area contributed by atoms with Gasteiger partial charge in [-0.25, -0.2) is 0 Å². The fourth-order valence-corrected chi connectivity index (χ4v) is 2.07. The third-order valence-corrected chi connectivity index (χ3v) is 3.13. The summed E-state index contributed by atoms with van der Waals surface area (Å²) in [6, 6.07) is 5.63. The Labute approximate surface area is 119 Å². The molecular formula is C16H24F3N. The van der Waals surface area contributed by atoms with Crippen LogP contribution in [0.5, 0.6) is 0 Å². The lowest BCUT2D eigenvalue weighted by molar-refractivity contribution is -0.137. The van der Waals surface area contributed by atoms with Crippen LogP contribution in [0.3, 0.4) is 0 Å². The standard InChI is InChI=1S/C16H24F3N/c1-12(8-9-20-15(2,3)4)10-13-6-5-7-14(11-13)16(17,18)19/h5-7,11-12,20H,8-10H2,1-4H3. The van der Waals surface area contributed by atoms with Crippen molar-refractivity contribution in [2.75, 3.05) is 6.54 Å². The fourth-order valence-electron chi connectivity index (χ4n) is 2.07. The molecule has 0 saturated carbocycles. The van der Waals surface area contributed by atoms with E-state index in [4.69, 9.17) is 0 Å². The number of benzene rings is 1. The van der Waals surface area contributed by atoms with E-state index in [2.05, 4.69) is 33.0 Å². The van der Waals surface area contributed by atoms with Crippen LogP contribution in [-0.2, 0) is 12.6 Å². The Morgan fingerprint density at radius 3 is 2.35 bits per heavy atom. The van der Waals surface area contributed by atoms with Crippen LogP contribution in [0, 0.1) is 5.92 Å². The number of hydrogen-bond donors (Lipinski definition) is 1. The Morgan fingerprint density at radius 1 is 1.15 bits per heavy atom. The topological polar surface area (TPSA) is 12.0 Å². The maximum absolute atomic E-state index is 12.6. The van der Waals surface area contributed by atoms with Gasteiger partial charge in [0.2, 0.25) is 0 Å². The summed E-state index contributed by atoms with van der Waals surface area (Å²) in [4.78, 5) is 0. The van der Waals surface area contributed by atoms with Crippen molar-refractivity contribution in [3.05, 3.63) is 35.4 Å². The van der Waals surface area contributed by atoms with E-state index < -0.39 is 11.7 Å². The predicted molar refractivity (Wildman–Crippen MR) is 76.7 cm³/mol.